The number of amides is 3. The van der Waals surface area contributed by atoms with Gasteiger partial charge in [-0.3, -0.25) is 4.79 Å². The number of benzene rings is 3. The van der Waals surface area contributed by atoms with E-state index < -0.39 is 6.03 Å². The van der Waals surface area contributed by atoms with Crippen LogP contribution in [0.3, 0.4) is 0 Å². The van der Waals surface area contributed by atoms with Crippen molar-refractivity contribution in [2.24, 2.45) is 0 Å². The maximum absolute atomic E-state index is 12.5. The third kappa shape index (κ3) is 3.59. The summed E-state index contributed by atoms with van der Waals surface area (Å²) in [4.78, 5) is 24.8. The minimum absolute atomic E-state index is 0.309. The molecule has 0 unspecified atom stereocenters. The van der Waals surface area contributed by atoms with Crippen molar-refractivity contribution in [3.63, 3.8) is 0 Å². The first-order valence-corrected chi connectivity index (χ1v) is 8.57. The summed E-state index contributed by atoms with van der Waals surface area (Å²) in [6.45, 7) is 0. The molecule has 0 saturated carbocycles. The molecule has 7 nitrogen and oxygen atoms in total. The first-order chi connectivity index (χ1) is 13.6. The molecule has 3 aromatic rings. The average Bonchev–Trinajstić information content (AvgIpc) is 2.84. The smallest absolute Gasteiger partial charge is 0.323 e. The molecule has 3 N–H and O–H groups in total. The molecule has 0 spiro atoms. The summed E-state index contributed by atoms with van der Waals surface area (Å²) in [5.74, 6) is 1.31. The number of carbonyl (C=O) groups is 2. The lowest BCUT2D eigenvalue weighted by molar-refractivity contribution is 0.102. The van der Waals surface area contributed by atoms with E-state index >= 15 is 0 Å². The summed E-state index contributed by atoms with van der Waals surface area (Å²) in [7, 11) is 1.56. The van der Waals surface area contributed by atoms with E-state index in [9.17, 15) is 9.59 Å². The summed E-state index contributed by atoms with van der Waals surface area (Å²) >= 11 is 0. The van der Waals surface area contributed by atoms with E-state index in [2.05, 4.69) is 16.0 Å². The summed E-state index contributed by atoms with van der Waals surface area (Å²) in [5.41, 5.74) is 1.97. The standard InChI is InChI=1S/C21H17N3O4/c1-27-15-6-4-5-13(11-15)22-21(26)23-14-9-10-18-16(12-14)20(25)24-17-7-2-3-8-19(17)28-18/h2-12H,1H3,(H,24,25)(H2,22,23,26). The van der Waals surface area contributed by atoms with E-state index in [4.69, 9.17) is 9.47 Å². The van der Waals surface area contributed by atoms with Crippen molar-refractivity contribution >= 4 is 29.0 Å². The van der Waals surface area contributed by atoms with Gasteiger partial charge in [-0.25, -0.2) is 4.79 Å². The van der Waals surface area contributed by atoms with Crippen molar-refractivity contribution in [2.75, 3.05) is 23.1 Å². The van der Waals surface area contributed by atoms with Crippen LogP contribution in [-0.2, 0) is 0 Å². The largest absolute Gasteiger partial charge is 0.497 e. The Morgan fingerprint density at radius 3 is 2.54 bits per heavy atom. The van der Waals surface area contributed by atoms with Crippen LogP contribution in [0.4, 0.5) is 21.9 Å². The second-order valence-electron chi connectivity index (χ2n) is 6.07. The number of carbonyl (C=O) groups excluding carboxylic acids is 2. The predicted octanol–water partition coefficient (Wildman–Crippen LogP) is 4.70. The second-order valence-corrected chi connectivity index (χ2v) is 6.07. The molecule has 4 rings (SSSR count). The van der Waals surface area contributed by atoms with Gasteiger partial charge in [0, 0.05) is 17.4 Å². The van der Waals surface area contributed by atoms with Crippen molar-refractivity contribution in [3.8, 4) is 17.2 Å². The SMILES string of the molecule is COc1cccc(NC(=O)Nc2ccc3c(c2)C(=O)Nc2ccccc2O3)c1. The molecule has 3 aromatic carbocycles. The van der Waals surface area contributed by atoms with Crippen LogP contribution < -0.4 is 25.4 Å². The van der Waals surface area contributed by atoms with Crippen molar-refractivity contribution in [3.05, 3.63) is 72.3 Å². The van der Waals surface area contributed by atoms with Gasteiger partial charge < -0.3 is 25.4 Å². The summed E-state index contributed by atoms with van der Waals surface area (Å²) in [5, 5.41) is 8.24. The Balaban J connectivity index is 1.52. The molecule has 0 radical (unpaired) electrons. The number of ether oxygens (including phenoxy) is 2. The second kappa shape index (κ2) is 7.32. The zero-order valence-corrected chi connectivity index (χ0v) is 15.0. The first kappa shape index (κ1) is 17.4. The van der Waals surface area contributed by atoms with Crippen LogP contribution in [0, 0.1) is 0 Å². The Morgan fingerprint density at radius 1 is 0.929 bits per heavy atom. The maximum atomic E-state index is 12.5. The molecule has 140 valence electrons. The van der Waals surface area contributed by atoms with E-state index in [1.54, 1.807) is 61.7 Å². The van der Waals surface area contributed by atoms with Gasteiger partial charge in [0.15, 0.2) is 5.75 Å². The maximum Gasteiger partial charge on any atom is 0.323 e. The molecule has 7 heteroatoms. The minimum Gasteiger partial charge on any atom is -0.497 e. The van der Waals surface area contributed by atoms with Gasteiger partial charge in [0.1, 0.15) is 11.5 Å². The van der Waals surface area contributed by atoms with E-state index in [1.807, 2.05) is 12.1 Å². The van der Waals surface area contributed by atoms with Crippen molar-refractivity contribution in [1.29, 1.82) is 0 Å². The lowest BCUT2D eigenvalue weighted by Crippen LogP contribution is -2.20. The van der Waals surface area contributed by atoms with Crippen LogP contribution in [0.15, 0.2) is 66.7 Å². The summed E-state index contributed by atoms with van der Waals surface area (Å²) < 4.78 is 11.0. The Labute approximate surface area is 161 Å². The number of rotatable bonds is 3. The number of para-hydroxylation sites is 2. The molecule has 28 heavy (non-hydrogen) atoms. The van der Waals surface area contributed by atoms with Gasteiger partial charge in [0.25, 0.3) is 5.91 Å². The van der Waals surface area contributed by atoms with Crippen LogP contribution in [0.1, 0.15) is 10.4 Å². The molecule has 1 heterocycles. The van der Waals surface area contributed by atoms with Crippen molar-refractivity contribution < 1.29 is 19.1 Å². The third-order valence-electron chi connectivity index (χ3n) is 4.16. The predicted molar refractivity (Wildman–Crippen MR) is 107 cm³/mol. The van der Waals surface area contributed by atoms with Gasteiger partial charge >= 0.3 is 6.03 Å². The quantitative estimate of drug-likeness (QED) is 0.619. The fourth-order valence-electron chi connectivity index (χ4n) is 2.84. The Bertz CT molecular complexity index is 1070. The Hall–Kier alpha value is -4.00. The van der Waals surface area contributed by atoms with Crippen LogP contribution >= 0.6 is 0 Å². The lowest BCUT2D eigenvalue weighted by Gasteiger charge is -2.11. The van der Waals surface area contributed by atoms with Gasteiger partial charge in [0.05, 0.1) is 18.4 Å². The van der Waals surface area contributed by atoms with Crippen LogP contribution in [0.2, 0.25) is 0 Å². The monoisotopic (exact) mass is 375 g/mol. The van der Waals surface area contributed by atoms with Crippen molar-refractivity contribution in [1.82, 2.24) is 0 Å². The molecule has 0 aliphatic carbocycles. The highest BCUT2D eigenvalue weighted by atomic mass is 16.5. The van der Waals surface area contributed by atoms with E-state index in [0.717, 1.165) is 0 Å². The molecule has 1 aliphatic heterocycles. The van der Waals surface area contributed by atoms with E-state index in [0.29, 0.717) is 39.9 Å². The normalized spacial score (nSPS) is 11.8. The first-order valence-electron chi connectivity index (χ1n) is 8.57. The van der Waals surface area contributed by atoms with E-state index in [-0.39, 0.29) is 5.91 Å². The van der Waals surface area contributed by atoms with Gasteiger partial charge in [-0.05, 0) is 42.5 Å². The van der Waals surface area contributed by atoms with Gasteiger partial charge in [-0.2, -0.15) is 0 Å². The number of methoxy groups -OCH3 is 1. The van der Waals surface area contributed by atoms with Crippen LogP contribution in [0.5, 0.6) is 17.2 Å². The zero-order valence-electron chi connectivity index (χ0n) is 15.0. The number of anilines is 3. The molecule has 0 bridgehead atoms. The highest BCUT2D eigenvalue weighted by molar-refractivity contribution is 6.09. The number of urea groups is 1. The number of hydrogen-bond donors (Lipinski definition) is 3. The molecule has 0 saturated heterocycles. The van der Waals surface area contributed by atoms with Crippen LogP contribution in [-0.4, -0.2) is 19.0 Å². The van der Waals surface area contributed by atoms with Gasteiger partial charge in [-0.1, -0.05) is 18.2 Å². The lowest BCUT2D eigenvalue weighted by atomic mass is 10.1. The van der Waals surface area contributed by atoms with Gasteiger partial charge in [-0.15, -0.1) is 0 Å². The fraction of sp³-hybridized carbons (Fsp3) is 0.0476. The van der Waals surface area contributed by atoms with E-state index in [1.165, 1.54) is 0 Å². The van der Waals surface area contributed by atoms with Crippen molar-refractivity contribution in [2.45, 2.75) is 0 Å². The Kier molecular flexibility index (Phi) is 4.55. The molecule has 0 aromatic heterocycles. The number of fused-ring (bicyclic) bond motifs is 2. The molecule has 0 fully saturated rings. The molecular weight excluding hydrogens is 358 g/mol. The minimum atomic E-state index is -0.438. The molecule has 0 atom stereocenters. The summed E-state index contributed by atoms with van der Waals surface area (Å²) in [6, 6.07) is 18.6. The average molecular weight is 375 g/mol. The third-order valence-corrected chi connectivity index (χ3v) is 4.16. The Morgan fingerprint density at radius 2 is 1.71 bits per heavy atom. The highest BCUT2D eigenvalue weighted by Gasteiger charge is 2.21. The van der Waals surface area contributed by atoms with Crippen LogP contribution in [0.25, 0.3) is 0 Å². The fourth-order valence-corrected chi connectivity index (χ4v) is 2.84. The topological polar surface area (TPSA) is 88.7 Å². The number of hydrogen-bond acceptors (Lipinski definition) is 4. The summed E-state index contributed by atoms with van der Waals surface area (Å²) in [6.07, 6.45) is 0. The highest BCUT2D eigenvalue weighted by Crippen LogP contribution is 2.36. The molecule has 3 amide bonds. The molecular formula is C21H17N3O4. The zero-order chi connectivity index (χ0) is 19.5. The number of nitrogens with one attached hydrogen (secondary N) is 3. The van der Waals surface area contributed by atoms with Gasteiger partial charge in [0.2, 0.25) is 0 Å². The molecule has 1 aliphatic rings.